The predicted molar refractivity (Wildman–Crippen MR) is 70.6 cm³/mol. The van der Waals surface area contributed by atoms with Crippen molar-refractivity contribution < 1.29 is 19.5 Å². The molecule has 0 saturated heterocycles. The molecule has 7 heteroatoms. The first kappa shape index (κ1) is 17.2. The predicted octanol–water partition coefficient (Wildman–Crippen LogP) is 0.167. The minimum absolute atomic E-state index is 0.159. The number of carboxylic acids is 1. The van der Waals surface area contributed by atoms with Crippen molar-refractivity contribution in [2.45, 2.75) is 33.7 Å². The number of hydrogen-bond acceptors (Lipinski definition) is 3. The van der Waals surface area contributed by atoms with Gasteiger partial charge in [0, 0.05) is 19.6 Å². The lowest BCUT2D eigenvalue weighted by Gasteiger charge is -2.24. The van der Waals surface area contributed by atoms with E-state index in [9.17, 15) is 14.4 Å². The van der Waals surface area contributed by atoms with E-state index in [2.05, 4.69) is 16.0 Å². The van der Waals surface area contributed by atoms with Gasteiger partial charge in [-0.3, -0.25) is 9.59 Å². The largest absolute Gasteiger partial charge is 0.481 e. The molecular formula is C12H23N3O4. The van der Waals surface area contributed by atoms with Gasteiger partial charge in [-0.05, 0) is 27.7 Å². The number of amides is 3. The zero-order valence-corrected chi connectivity index (χ0v) is 12.0. The van der Waals surface area contributed by atoms with Gasteiger partial charge in [-0.2, -0.15) is 0 Å². The fourth-order valence-electron chi connectivity index (χ4n) is 1.32. The van der Waals surface area contributed by atoms with Crippen LogP contribution in [0.3, 0.4) is 0 Å². The third-order valence-electron chi connectivity index (χ3n) is 3.03. The number of carbonyl (C=O) groups is 3. The van der Waals surface area contributed by atoms with Gasteiger partial charge in [-0.25, -0.2) is 4.79 Å². The van der Waals surface area contributed by atoms with Crippen molar-refractivity contribution in [1.82, 2.24) is 16.0 Å². The van der Waals surface area contributed by atoms with E-state index in [0.29, 0.717) is 0 Å². The van der Waals surface area contributed by atoms with E-state index in [1.807, 2.05) is 0 Å². The minimum Gasteiger partial charge on any atom is -0.481 e. The number of aliphatic carboxylic acids is 1. The molecule has 0 radical (unpaired) electrons. The summed E-state index contributed by atoms with van der Waals surface area (Å²) in [7, 11) is 1.53. The lowest BCUT2D eigenvalue weighted by molar-refractivity contribution is -0.141. The van der Waals surface area contributed by atoms with Crippen molar-refractivity contribution >= 4 is 17.9 Å². The molecular weight excluding hydrogens is 250 g/mol. The van der Waals surface area contributed by atoms with Crippen molar-refractivity contribution in [1.29, 1.82) is 0 Å². The molecule has 2 atom stereocenters. The summed E-state index contributed by atoms with van der Waals surface area (Å²) in [5, 5.41) is 16.4. The monoisotopic (exact) mass is 273 g/mol. The molecule has 0 aliphatic carbocycles. The van der Waals surface area contributed by atoms with Crippen LogP contribution >= 0.6 is 0 Å². The van der Waals surface area contributed by atoms with Crippen LogP contribution in [0.2, 0.25) is 0 Å². The number of carboxylic acid groups (broad SMARTS) is 1. The molecule has 0 rings (SSSR count). The number of urea groups is 1. The molecule has 2 unspecified atom stereocenters. The van der Waals surface area contributed by atoms with Gasteiger partial charge in [0.25, 0.3) is 0 Å². The number of carbonyl (C=O) groups excluding carboxylic acids is 2. The maximum absolute atomic E-state index is 11.6. The first-order valence-corrected chi connectivity index (χ1v) is 6.11. The molecule has 7 nitrogen and oxygen atoms in total. The second-order valence-corrected chi connectivity index (χ2v) is 5.21. The summed E-state index contributed by atoms with van der Waals surface area (Å²) in [5.41, 5.74) is -0.728. The molecule has 0 heterocycles. The number of hydrogen-bond donors (Lipinski definition) is 4. The van der Waals surface area contributed by atoms with Crippen LogP contribution in [-0.2, 0) is 9.59 Å². The number of rotatable bonds is 6. The Labute approximate surface area is 113 Å². The normalized spacial score (nSPS) is 14.2. The third kappa shape index (κ3) is 5.58. The molecule has 0 spiro atoms. The molecule has 0 aromatic carbocycles. The molecule has 0 aromatic heterocycles. The average Bonchev–Trinajstić information content (AvgIpc) is 2.34. The van der Waals surface area contributed by atoms with Crippen molar-refractivity contribution in [3.63, 3.8) is 0 Å². The van der Waals surface area contributed by atoms with Crippen molar-refractivity contribution in [3.8, 4) is 0 Å². The summed E-state index contributed by atoms with van der Waals surface area (Å²) in [6.45, 7) is 6.70. The van der Waals surface area contributed by atoms with Gasteiger partial charge >= 0.3 is 12.0 Å². The van der Waals surface area contributed by atoms with Gasteiger partial charge in [0.05, 0.1) is 11.3 Å². The fraction of sp³-hybridized carbons (Fsp3) is 0.750. The highest BCUT2D eigenvalue weighted by atomic mass is 16.4. The second-order valence-electron chi connectivity index (χ2n) is 5.21. The van der Waals surface area contributed by atoms with E-state index in [1.165, 1.54) is 14.0 Å². The Hall–Kier alpha value is -1.79. The van der Waals surface area contributed by atoms with E-state index in [0.717, 1.165) is 0 Å². The summed E-state index contributed by atoms with van der Waals surface area (Å²) in [4.78, 5) is 33.8. The Morgan fingerprint density at radius 2 is 1.74 bits per heavy atom. The van der Waals surface area contributed by atoms with E-state index in [4.69, 9.17) is 5.11 Å². The average molecular weight is 273 g/mol. The third-order valence-corrected chi connectivity index (χ3v) is 3.03. The second kappa shape index (κ2) is 6.96. The summed E-state index contributed by atoms with van der Waals surface area (Å²) < 4.78 is 0. The lowest BCUT2D eigenvalue weighted by Crippen LogP contribution is -2.49. The standard InChI is InChI=1S/C12H23N3O4/c1-7(9(16)17)8(2)15-11(19)14-6-12(3,4)10(18)13-5/h7-8H,6H2,1-5H3,(H,13,18)(H,16,17)(H2,14,15,19). The van der Waals surface area contributed by atoms with Crippen LogP contribution in [-0.4, -0.2) is 42.6 Å². The highest BCUT2D eigenvalue weighted by Crippen LogP contribution is 2.13. The topological polar surface area (TPSA) is 108 Å². The zero-order chi connectivity index (χ0) is 15.2. The van der Waals surface area contributed by atoms with Gasteiger partial charge in [0.15, 0.2) is 0 Å². The molecule has 0 bridgehead atoms. The van der Waals surface area contributed by atoms with E-state index < -0.39 is 29.4 Å². The molecule has 19 heavy (non-hydrogen) atoms. The molecule has 0 aliphatic rings. The maximum Gasteiger partial charge on any atom is 0.315 e. The maximum atomic E-state index is 11.6. The van der Waals surface area contributed by atoms with E-state index in [1.54, 1.807) is 20.8 Å². The van der Waals surface area contributed by atoms with Gasteiger partial charge in [0.1, 0.15) is 0 Å². The summed E-state index contributed by atoms with van der Waals surface area (Å²) in [6, 6.07) is -0.988. The molecule has 110 valence electrons. The van der Waals surface area contributed by atoms with E-state index in [-0.39, 0.29) is 12.5 Å². The summed E-state index contributed by atoms with van der Waals surface area (Å²) >= 11 is 0. The van der Waals surface area contributed by atoms with Gasteiger partial charge in [0.2, 0.25) is 5.91 Å². The van der Waals surface area contributed by atoms with Crippen LogP contribution in [0.25, 0.3) is 0 Å². The van der Waals surface area contributed by atoms with Crippen LogP contribution in [0.15, 0.2) is 0 Å². The highest BCUT2D eigenvalue weighted by Gasteiger charge is 2.27. The van der Waals surface area contributed by atoms with Crippen molar-refractivity contribution in [3.05, 3.63) is 0 Å². The van der Waals surface area contributed by atoms with Crippen LogP contribution in [0.4, 0.5) is 4.79 Å². The summed E-state index contributed by atoms with van der Waals surface area (Å²) in [6.07, 6.45) is 0. The molecule has 0 saturated carbocycles. The SMILES string of the molecule is CNC(=O)C(C)(C)CNC(=O)NC(C)C(C)C(=O)O. The zero-order valence-electron chi connectivity index (χ0n) is 12.0. The van der Waals surface area contributed by atoms with Gasteiger partial charge < -0.3 is 21.1 Å². The molecule has 0 fully saturated rings. The molecule has 0 aliphatic heterocycles. The Kier molecular flexibility index (Phi) is 6.31. The highest BCUT2D eigenvalue weighted by molar-refractivity contribution is 5.83. The van der Waals surface area contributed by atoms with Crippen LogP contribution in [0, 0.1) is 11.3 Å². The Bertz CT molecular complexity index is 355. The molecule has 4 N–H and O–H groups in total. The first-order chi connectivity index (χ1) is 8.61. The van der Waals surface area contributed by atoms with E-state index >= 15 is 0 Å². The Morgan fingerprint density at radius 1 is 1.21 bits per heavy atom. The Morgan fingerprint density at radius 3 is 2.16 bits per heavy atom. The first-order valence-electron chi connectivity index (χ1n) is 6.11. The van der Waals surface area contributed by atoms with Crippen LogP contribution in [0.1, 0.15) is 27.7 Å². The lowest BCUT2D eigenvalue weighted by atomic mass is 9.92. The van der Waals surface area contributed by atoms with Crippen molar-refractivity contribution in [2.24, 2.45) is 11.3 Å². The quantitative estimate of drug-likeness (QED) is 0.553. The van der Waals surface area contributed by atoms with Crippen LogP contribution < -0.4 is 16.0 Å². The van der Waals surface area contributed by atoms with Crippen molar-refractivity contribution in [2.75, 3.05) is 13.6 Å². The fourth-order valence-corrected chi connectivity index (χ4v) is 1.32. The smallest absolute Gasteiger partial charge is 0.315 e. The molecule has 3 amide bonds. The van der Waals surface area contributed by atoms with Crippen LogP contribution in [0.5, 0.6) is 0 Å². The molecule has 0 aromatic rings. The van der Waals surface area contributed by atoms with Gasteiger partial charge in [-0.15, -0.1) is 0 Å². The minimum atomic E-state index is -0.974. The number of nitrogens with one attached hydrogen (secondary N) is 3. The Balaban J connectivity index is 4.27. The summed E-state index contributed by atoms with van der Waals surface area (Å²) in [5.74, 6) is -1.84. The van der Waals surface area contributed by atoms with Gasteiger partial charge in [-0.1, -0.05) is 0 Å².